The summed E-state index contributed by atoms with van der Waals surface area (Å²) in [5, 5.41) is 2.93. The van der Waals surface area contributed by atoms with E-state index >= 15 is 0 Å². The van der Waals surface area contributed by atoms with Gasteiger partial charge in [0.15, 0.2) is 0 Å². The van der Waals surface area contributed by atoms with Gasteiger partial charge in [-0.3, -0.25) is 19.7 Å². The number of nitrogens with one attached hydrogen (secondary N) is 1. The Balaban J connectivity index is 1.53. The van der Waals surface area contributed by atoms with Crippen molar-refractivity contribution in [2.45, 2.75) is 38.4 Å². The number of nitrogens with zero attached hydrogens (tertiary/aromatic N) is 4. The van der Waals surface area contributed by atoms with Crippen LogP contribution < -0.4 is 5.32 Å². The van der Waals surface area contributed by atoms with E-state index in [2.05, 4.69) is 72.2 Å². The summed E-state index contributed by atoms with van der Waals surface area (Å²) < 4.78 is 28.7. The highest BCUT2D eigenvalue weighted by Gasteiger charge is 2.42. The van der Waals surface area contributed by atoms with E-state index in [1.807, 2.05) is 12.3 Å². The average Bonchev–Trinajstić information content (AvgIpc) is 3.03. The molecule has 1 saturated heterocycles. The van der Waals surface area contributed by atoms with E-state index in [9.17, 15) is 13.2 Å². The number of fused-ring (bicyclic) bond motifs is 2. The van der Waals surface area contributed by atoms with Crippen LogP contribution in [0.4, 0.5) is 0 Å². The molecule has 0 spiro atoms. The predicted molar refractivity (Wildman–Crippen MR) is 153 cm³/mol. The molecule has 1 aliphatic heterocycles. The molecule has 1 N–H and O–H groups in total. The maximum Gasteiger partial charge on any atom is 0.240 e. The number of halogens is 2. The minimum atomic E-state index is -3.60. The number of hydrogen-bond acceptors (Lipinski definition) is 6. The van der Waals surface area contributed by atoms with Crippen molar-refractivity contribution in [3.05, 3.63) is 91.4 Å². The Hall–Kier alpha value is -2.18. The first-order chi connectivity index (χ1) is 18.1. The van der Waals surface area contributed by atoms with Gasteiger partial charge in [0.1, 0.15) is 6.04 Å². The third-order valence-electron chi connectivity index (χ3n) is 7.17. The predicted octanol–water partition coefficient (Wildman–Crippen LogP) is 3.76. The second-order valence-corrected chi connectivity index (χ2v) is 13.6. The first kappa shape index (κ1) is 27.4. The number of carbonyl (C=O) groups is 1. The molecule has 2 unspecified atom stereocenters. The third-order valence-corrected chi connectivity index (χ3v) is 9.55. The summed E-state index contributed by atoms with van der Waals surface area (Å²) in [6.45, 7) is 3.29. The summed E-state index contributed by atoms with van der Waals surface area (Å²) in [4.78, 5) is 24.6. The average molecular weight is 663 g/mol. The molecule has 2 aliphatic rings. The van der Waals surface area contributed by atoms with Crippen LogP contribution in [0.2, 0.25) is 0 Å². The van der Waals surface area contributed by atoms with Gasteiger partial charge in [-0.1, -0.05) is 28.1 Å². The van der Waals surface area contributed by atoms with Crippen LogP contribution in [0.15, 0.2) is 57.9 Å². The Morgan fingerprint density at radius 2 is 1.92 bits per heavy atom. The summed E-state index contributed by atoms with van der Waals surface area (Å²) in [6.07, 6.45) is 8.05. The molecule has 3 heterocycles. The summed E-state index contributed by atoms with van der Waals surface area (Å²) in [7, 11) is -3.60. The van der Waals surface area contributed by atoms with Crippen molar-refractivity contribution in [3.8, 4) is 0 Å². The highest BCUT2D eigenvalue weighted by atomic mass is 79.9. The van der Waals surface area contributed by atoms with E-state index < -0.39 is 16.1 Å². The van der Waals surface area contributed by atoms with E-state index in [1.165, 1.54) is 21.7 Å². The largest absolute Gasteiger partial charge is 0.351 e. The Morgan fingerprint density at radius 1 is 1.13 bits per heavy atom. The first-order valence-corrected chi connectivity index (χ1v) is 15.9. The van der Waals surface area contributed by atoms with Crippen LogP contribution in [0.1, 0.15) is 39.6 Å². The fraction of sp³-hybridized carbons (Fsp3) is 0.370. The monoisotopic (exact) mass is 661 g/mol. The van der Waals surface area contributed by atoms with Crippen molar-refractivity contribution in [1.29, 1.82) is 0 Å². The molecule has 5 rings (SSSR count). The van der Waals surface area contributed by atoms with Crippen molar-refractivity contribution in [1.82, 2.24) is 24.5 Å². The maximum atomic E-state index is 13.5. The molecule has 3 aromatic rings. The van der Waals surface area contributed by atoms with Crippen LogP contribution in [0.3, 0.4) is 0 Å². The van der Waals surface area contributed by atoms with Crippen LogP contribution in [-0.2, 0) is 34.2 Å². The topological polar surface area (TPSA) is 95.5 Å². The zero-order chi connectivity index (χ0) is 27.0. The SMILES string of the molecule is Cc1cc(Br)c2c(c1)CCc1cc(Br)cnc1C2N1CCN(S(C)(=O)=O)C(C(=O)NCc2cccnc2)C1. The Kier molecular flexibility index (Phi) is 8.02. The number of amides is 1. The molecule has 1 aromatic carbocycles. The van der Waals surface area contributed by atoms with E-state index in [-0.39, 0.29) is 31.6 Å². The third kappa shape index (κ3) is 5.72. The van der Waals surface area contributed by atoms with Crippen LogP contribution in [-0.4, -0.2) is 65.4 Å². The molecule has 8 nitrogen and oxygen atoms in total. The molecular weight excluding hydrogens is 634 g/mol. The molecule has 38 heavy (non-hydrogen) atoms. The number of aromatic nitrogens is 2. The molecule has 1 fully saturated rings. The van der Waals surface area contributed by atoms with Crippen molar-refractivity contribution >= 4 is 47.8 Å². The summed E-state index contributed by atoms with van der Waals surface area (Å²) in [6, 6.07) is 9.04. The van der Waals surface area contributed by atoms with Gasteiger partial charge in [-0.15, -0.1) is 0 Å². The van der Waals surface area contributed by atoms with Gasteiger partial charge in [0.2, 0.25) is 15.9 Å². The lowest BCUT2D eigenvalue weighted by Gasteiger charge is -2.43. The van der Waals surface area contributed by atoms with E-state index in [4.69, 9.17) is 4.98 Å². The number of benzene rings is 1. The molecule has 1 amide bonds. The molecule has 0 saturated carbocycles. The Bertz CT molecular complexity index is 1470. The number of hydrogen-bond donors (Lipinski definition) is 1. The zero-order valence-electron chi connectivity index (χ0n) is 21.2. The molecule has 1 aliphatic carbocycles. The highest BCUT2D eigenvalue weighted by molar-refractivity contribution is 9.10. The van der Waals surface area contributed by atoms with Gasteiger partial charge < -0.3 is 5.32 Å². The fourth-order valence-corrected chi connectivity index (χ4v) is 7.73. The second kappa shape index (κ2) is 11.1. The van der Waals surface area contributed by atoms with Gasteiger partial charge in [0, 0.05) is 53.7 Å². The molecule has 0 radical (unpaired) electrons. The lowest BCUT2D eigenvalue weighted by atomic mass is 9.94. The van der Waals surface area contributed by atoms with Gasteiger partial charge in [0.05, 0.1) is 18.0 Å². The highest BCUT2D eigenvalue weighted by Crippen LogP contribution is 2.41. The minimum Gasteiger partial charge on any atom is -0.351 e. The van der Waals surface area contributed by atoms with E-state index in [0.717, 1.165) is 44.2 Å². The molecular formula is C27H29Br2N5O3S. The quantitative estimate of drug-likeness (QED) is 0.447. The van der Waals surface area contributed by atoms with Crippen LogP contribution in [0.25, 0.3) is 0 Å². The molecule has 2 aromatic heterocycles. The van der Waals surface area contributed by atoms with Crippen molar-refractivity contribution < 1.29 is 13.2 Å². The number of aryl methyl sites for hydroxylation is 3. The fourth-order valence-electron chi connectivity index (χ4n) is 5.48. The molecule has 200 valence electrons. The second-order valence-electron chi connectivity index (χ2n) is 9.88. The Morgan fingerprint density at radius 3 is 2.66 bits per heavy atom. The van der Waals surface area contributed by atoms with Crippen LogP contribution in [0.5, 0.6) is 0 Å². The summed E-state index contributed by atoms with van der Waals surface area (Å²) in [5.41, 5.74) is 6.47. The number of pyridine rings is 2. The lowest BCUT2D eigenvalue weighted by Crippen LogP contribution is -2.60. The standard InChI is InChI=1S/C27H29Br2N5O3S/c1-17-10-19-5-6-20-12-21(28)15-31-25(20)26(24(19)22(29)11-17)33-8-9-34(38(2,36)37)23(16-33)27(35)32-14-18-4-3-7-30-13-18/h3-4,7,10-13,15,23,26H,5-6,8-9,14,16H2,1-2H3,(H,32,35). The van der Waals surface area contributed by atoms with Crippen LogP contribution in [0, 0.1) is 6.92 Å². The van der Waals surface area contributed by atoms with Gasteiger partial charge in [-0.2, -0.15) is 4.31 Å². The summed E-state index contributed by atoms with van der Waals surface area (Å²) in [5.74, 6) is -0.329. The number of piperazine rings is 1. The molecule has 2 atom stereocenters. The first-order valence-electron chi connectivity index (χ1n) is 12.4. The number of sulfonamides is 1. The van der Waals surface area contributed by atoms with Gasteiger partial charge in [-0.25, -0.2) is 8.42 Å². The zero-order valence-corrected chi connectivity index (χ0v) is 25.2. The van der Waals surface area contributed by atoms with E-state index in [1.54, 1.807) is 18.5 Å². The van der Waals surface area contributed by atoms with Gasteiger partial charge in [-0.05, 0) is 81.7 Å². The Labute approximate surface area is 240 Å². The maximum absolute atomic E-state index is 13.5. The summed E-state index contributed by atoms with van der Waals surface area (Å²) >= 11 is 7.40. The van der Waals surface area contributed by atoms with Crippen molar-refractivity contribution in [2.75, 3.05) is 25.9 Å². The van der Waals surface area contributed by atoms with Gasteiger partial charge >= 0.3 is 0 Å². The van der Waals surface area contributed by atoms with E-state index in [0.29, 0.717) is 6.54 Å². The molecule has 11 heteroatoms. The minimum absolute atomic E-state index is 0.213. The number of rotatable bonds is 5. The normalized spacial score (nSPS) is 20.3. The van der Waals surface area contributed by atoms with Crippen LogP contribution >= 0.6 is 31.9 Å². The number of carbonyl (C=O) groups excluding carboxylic acids is 1. The van der Waals surface area contributed by atoms with Crippen molar-refractivity contribution in [2.24, 2.45) is 0 Å². The smallest absolute Gasteiger partial charge is 0.240 e. The molecule has 0 bridgehead atoms. The van der Waals surface area contributed by atoms with Crippen molar-refractivity contribution in [3.63, 3.8) is 0 Å². The lowest BCUT2D eigenvalue weighted by molar-refractivity contribution is -0.127. The van der Waals surface area contributed by atoms with Gasteiger partial charge in [0.25, 0.3) is 0 Å².